The van der Waals surface area contributed by atoms with Crippen molar-refractivity contribution in [1.29, 1.82) is 0 Å². The van der Waals surface area contributed by atoms with Gasteiger partial charge in [-0.05, 0) is 51.0 Å². The lowest BCUT2D eigenvalue weighted by Gasteiger charge is -2.15. The van der Waals surface area contributed by atoms with Gasteiger partial charge in [-0.2, -0.15) is 5.10 Å². The van der Waals surface area contributed by atoms with E-state index in [9.17, 15) is 9.59 Å². The van der Waals surface area contributed by atoms with Crippen molar-refractivity contribution in [2.45, 2.75) is 27.7 Å². The Morgan fingerprint density at radius 2 is 2.03 bits per heavy atom. The minimum Gasteiger partial charge on any atom is -0.325 e. The van der Waals surface area contributed by atoms with Crippen molar-refractivity contribution in [3.05, 3.63) is 52.5 Å². The summed E-state index contributed by atoms with van der Waals surface area (Å²) in [7, 11) is 1.84. The van der Waals surface area contributed by atoms with Gasteiger partial charge in [0.1, 0.15) is 5.70 Å². The fourth-order valence-corrected chi connectivity index (χ4v) is 3.88. The number of amidine groups is 1. The normalized spacial score (nSPS) is 15.2. The van der Waals surface area contributed by atoms with Gasteiger partial charge < -0.3 is 5.32 Å². The Kier molecular flexibility index (Phi) is 6.22. The molecule has 0 bridgehead atoms. The number of hydrogen-bond acceptors (Lipinski definition) is 5. The second kappa shape index (κ2) is 8.65. The van der Waals surface area contributed by atoms with Gasteiger partial charge in [0.25, 0.3) is 5.91 Å². The highest BCUT2D eigenvalue weighted by atomic mass is 32.2. The molecule has 0 fully saturated rings. The lowest BCUT2D eigenvalue weighted by Crippen LogP contribution is -2.31. The number of aryl methyl sites for hydroxylation is 4. The van der Waals surface area contributed by atoms with Gasteiger partial charge in [0, 0.05) is 31.0 Å². The Hall–Kier alpha value is -2.87. The van der Waals surface area contributed by atoms with Gasteiger partial charge in [-0.3, -0.25) is 19.2 Å². The quantitative estimate of drug-likeness (QED) is 0.766. The van der Waals surface area contributed by atoms with Gasteiger partial charge in [-0.1, -0.05) is 23.9 Å². The SMILES string of the molecule is CCN1C(=O)C(=Cc2cn(C)nc2C)N=C1SCC(=O)Nc1cc(C)ccc1C. The van der Waals surface area contributed by atoms with Crippen LogP contribution in [0.2, 0.25) is 0 Å². The smallest absolute Gasteiger partial charge is 0.278 e. The summed E-state index contributed by atoms with van der Waals surface area (Å²) in [5, 5.41) is 7.77. The minimum atomic E-state index is -0.159. The Bertz CT molecular complexity index is 1020. The fourth-order valence-electron chi connectivity index (χ4n) is 3.01. The molecule has 0 unspecified atom stereocenters. The zero-order valence-corrected chi connectivity index (χ0v) is 18.1. The average Bonchev–Trinajstić information content (AvgIpc) is 3.14. The predicted octanol–water partition coefficient (Wildman–Crippen LogP) is 3.28. The molecule has 1 aromatic heterocycles. The molecule has 152 valence electrons. The zero-order chi connectivity index (χ0) is 21.1. The first-order valence-corrected chi connectivity index (χ1v) is 10.4. The third-order valence-electron chi connectivity index (χ3n) is 4.57. The Balaban J connectivity index is 1.71. The molecular weight excluding hydrogens is 386 g/mol. The maximum Gasteiger partial charge on any atom is 0.278 e. The van der Waals surface area contributed by atoms with Gasteiger partial charge in [-0.25, -0.2) is 4.99 Å². The van der Waals surface area contributed by atoms with Crippen molar-refractivity contribution in [2.24, 2.45) is 12.0 Å². The van der Waals surface area contributed by atoms with E-state index in [1.54, 1.807) is 15.7 Å². The molecule has 0 saturated heterocycles. The first kappa shape index (κ1) is 20.9. The van der Waals surface area contributed by atoms with Crippen LogP contribution in [0.4, 0.5) is 5.69 Å². The van der Waals surface area contributed by atoms with Crippen LogP contribution in [-0.4, -0.2) is 44.0 Å². The molecule has 0 spiro atoms. The molecule has 1 N–H and O–H groups in total. The van der Waals surface area contributed by atoms with E-state index in [0.717, 1.165) is 28.1 Å². The van der Waals surface area contributed by atoms with Crippen molar-refractivity contribution in [1.82, 2.24) is 14.7 Å². The molecule has 1 aliphatic heterocycles. The molecule has 2 heterocycles. The molecule has 1 aromatic carbocycles. The van der Waals surface area contributed by atoms with Crippen LogP contribution < -0.4 is 5.32 Å². The molecule has 0 radical (unpaired) electrons. The van der Waals surface area contributed by atoms with Gasteiger partial charge >= 0.3 is 0 Å². The van der Waals surface area contributed by atoms with E-state index >= 15 is 0 Å². The number of likely N-dealkylation sites (N-methyl/N-ethyl adjacent to an activating group) is 1. The summed E-state index contributed by atoms with van der Waals surface area (Å²) in [6, 6.07) is 5.94. The minimum absolute atomic E-state index is 0.129. The number of amides is 2. The highest BCUT2D eigenvalue weighted by Gasteiger charge is 2.30. The van der Waals surface area contributed by atoms with Crippen LogP contribution in [0.1, 0.15) is 29.3 Å². The van der Waals surface area contributed by atoms with Crippen LogP contribution in [0.25, 0.3) is 6.08 Å². The summed E-state index contributed by atoms with van der Waals surface area (Å²) in [5.41, 5.74) is 4.95. The second-order valence-electron chi connectivity index (χ2n) is 6.97. The Morgan fingerprint density at radius 1 is 1.28 bits per heavy atom. The molecule has 8 heteroatoms. The van der Waals surface area contributed by atoms with Crippen LogP contribution in [0.3, 0.4) is 0 Å². The number of benzene rings is 1. The van der Waals surface area contributed by atoms with Crippen molar-refractivity contribution in [3.8, 4) is 0 Å². The van der Waals surface area contributed by atoms with E-state index in [0.29, 0.717) is 17.4 Å². The number of aromatic nitrogens is 2. The number of nitrogens with one attached hydrogen (secondary N) is 1. The van der Waals surface area contributed by atoms with Crippen LogP contribution in [0.5, 0.6) is 0 Å². The predicted molar refractivity (Wildman–Crippen MR) is 118 cm³/mol. The summed E-state index contributed by atoms with van der Waals surface area (Å²) >= 11 is 1.26. The van der Waals surface area contributed by atoms with E-state index in [1.165, 1.54) is 11.8 Å². The monoisotopic (exact) mass is 411 g/mol. The van der Waals surface area contributed by atoms with E-state index in [-0.39, 0.29) is 17.6 Å². The molecule has 2 amide bonds. The summed E-state index contributed by atoms with van der Waals surface area (Å²) in [6.07, 6.45) is 3.60. The van der Waals surface area contributed by atoms with Gasteiger partial charge in [0.15, 0.2) is 5.17 Å². The van der Waals surface area contributed by atoms with Crippen molar-refractivity contribution in [2.75, 3.05) is 17.6 Å². The summed E-state index contributed by atoms with van der Waals surface area (Å²) in [4.78, 5) is 31.2. The number of thioether (sulfide) groups is 1. The molecule has 1 aliphatic rings. The molecular formula is C21H25N5O2S. The topological polar surface area (TPSA) is 79.6 Å². The maximum absolute atomic E-state index is 12.7. The fraction of sp³-hybridized carbons (Fsp3) is 0.333. The number of rotatable bonds is 5. The van der Waals surface area contributed by atoms with E-state index < -0.39 is 0 Å². The highest BCUT2D eigenvalue weighted by Crippen LogP contribution is 2.25. The average molecular weight is 412 g/mol. The molecule has 0 atom stereocenters. The van der Waals surface area contributed by atoms with Crippen LogP contribution >= 0.6 is 11.8 Å². The van der Waals surface area contributed by atoms with E-state index in [1.807, 2.05) is 59.1 Å². The van der Waals surface area contributed by atoms with E-state index in [4.69, 9.17) is 0 Å². The number of hydrogen-bond donors (Lipinski definition) is 1. The highest BCUT2D eigenvalue weighted by molar-refractivity contribution is 8.14. The Labute approximate surface area is 174 Å². The molecule has 0 saturated carbocycles. The molecule has 29 heavy (non-hydrogen) atoms. The maximum atomic E-state index is 12.7. The van der Waals surface area contributed by atoms with Crippen LogP contribution in [-0.2, 0) is 16.6 Å². The third kappa shape index (κ3) is 4.76. The first-order chi connectivity index (χ1) is 13.8. The summed E-state index contributed by atoms with van der Waals surface area (Å²) < 4.78 is 1.70. The third-order valence-corrected chi connectivity index (χ3v) is 5.55. The zero-order valence-electron chi connectivity index (χ0n) is 17.3. The van der Waals surface area contributed by atoms with Crippen molar-refractivity contribution < 1.29 is 9.59 Å². The number of aliphatic imine (C=N–C) groups is 1. The van der Waals surface area contributed by atoms with E-state index in [2.05, 4.69) is 15.4 Å². The van der Waals surface area contributed by atoms with Crippen LogP contribution in [0, 0.1) is 20.8 Å². The number of carbonyl (C=O) groups excluding carboxylic acids is 2. The molecule has 7 nitrogen and oxygen atoms in total. The van der Waals surface area contributed by atoms with Crippen molar-refractivity contribution in [3.63, 3.8) is 0 Å². The lowest BCUT2D eigenvalue weighted by molar-refractivity contribution is -0.122. The van der Waals surface area contributed by atoms with Gasteiger partial charge in [-0.15, -0.1) is 0 Å². The number of anilines is 1. The molecule has 2 aromatic rings. The largest absolute Gasteiger partial charge is 0.325 e. The molecule has 3 rings (SSSR count). The number of nitrogens with zero attached hydrogens (tertiary/aromatic N) is 4. The molecule has 0 aliphatic carbocycles. The first-order valence-electron chi connectivity index (χ1n) is 9.41. The Morgan fingerprint density at radius 3 is 2.69 bits per heavy atom. The van der Waals surface area contributed by atoms with Gasteiger partial charge in [0.05, 0.1) is 11.4 Å². The van der Waals surface area contributed by atoms with Gasteiger partial charge in [0.2, 0.25) is 5.91 Å². The van der Waals surface area contributed by atoms with Crippen LogP contribution in [0.15, 0.2) is 35.1 Å². The summed E-state index contributed by atoms with van der Waals surface area (Å²) in [6.45, 7) is 8.22. The second-order valence-corrected chi connectivity index (χ2v) is 7.91. The number of carbonyl (C=O) groups is 2. The lowest BCUT2D eigenvalue weighted by atomic mass is 10.1. The summed E-state index contributed by atoms with van der Waals surface area (Å²) in [5.74, 6) is -0.113. The van der Waals surface area contributed by atoms with Crippen molar-refractivity contribution >= 4 is 40.5 Å². The standard InChI is InChI=1S/C21H25N5O2S/c1-6-26-20(28)18(10-16-11-25(5)24-15(16)4)23-21(26)29-12-19(27)22-17-9-13(2)7-8-14(17)3/h7-11H,6,12H2,1-5H3,(H,22,27).